The molecule has 10 heavy (non-hydrogen) atoms. The molecule has 2 unspecified atom stereocenters. The van der Waals surface area contributed by atoms with E-state index in [1.165, 1.54) is 12.8 Å². The van der Waals surface area contributed by atoms with E-state index in [4.69, 9.17) is 0 Å². The van der Waals surface area contributed by atoms with E-state index < -0.39 is 0 Å². The van der Waals surface area contributed by atoms with Crippen molar-refractivity contribution in [3.8, 4) is 0 Å². The third-order valence-corrected chi connectivity index (χ3v) is 2.04. The zero-order chi connectivity index (χ0) is 7.40. The number of allylic oxidation sites excluding steroid dienone is 4. The summed E-state index contributed by atoms with van der Waals surface area (Å²) in [5, 5.41) is 0. The zero-order valence-corrected chi connectivity index (χ0v) is 6.88. The highest BCUT2D eigenvalue weighted by atomic mass is 14.2. The molecule has 1 rings (SSSR count). The van der Waals surface area contributed by atoms with Crippen LogP contribution in [0.25, 0.3) is 0 Å². The van der Waals surface area contributed by atoms with Crippen molar-refractivity contribution in [1.29, 1.82) is 0 Å². The van der Waals surface area contributed by atoms with Crippen molar-refractivity contribution in [3.05, 3.63) is 24.3 Å². The Morgan fingerprint density at radius 2 is 2.30 bits per heavy atom. The van der Waals surface area contributed by atoms with Crippen molar-refractivity contribution in [2.24, 2.45) is 11.8 Å². The van der Waals surface area contributed by atoms with Crippen LogP contribution < -0.4 is 0 Å². The van der Waals surface area contributed by atoms with Gasteiger partial charge in [-0.1, -0.05) is 31.2 Å². The maximum Gasteiger partial charge on any atom is -0.00510 e. The topological polar surface area (TPSA) is 0 Å². The van der Waals surface area contributed by atoms with Gasteiger partial charge < -0.3 is 0 Å². The fourth-order valence-corrected chi connectivity index (χ4v) is 1.51. The minimum Gasteiger partial charge on any atom is -0.0911 e. The monoisotopic (exact) mass is 136 g/mol. The average molecular weight is 136 g/mol. The van der Waals surface area contributed by atoms with Crippen molar-refractivity contribution >= 4 is 0 Å². The number of hydrogen-bond donors (Lipinski definition) is 0. The molecule has 0 nitrogen and oxygen atoms in total. The highest BCUT2D eigenvalue weighted by molar-refractivity contribution is 5.03. The lowest BCUT2D eigenvalue weighted by Crippen LogP contribution is -2.05. The van der Waals surface area contributed by atoms with Crippen LogP contribution in [0.4, 0.5) is 0 Å². The molecule has 0 heterocycles. The van der Waals surface area contributed by atoms with Gasteiger partial charge in [0, 0.05) is 0 Å². The quantitative estimate of drug-likeness (QED) is 0.486. The first-order valence-electron chi connectivity index (χ1n) is 4.12. The smallest absolute Gasteiger partial charge is 0.00510 e. The Bertz CT molecular complexity index is 142. The van der Waals surface area contributed by atoms with Crippen LogP contribution >= 0.6 is 0 Å². The SMILES string of the molecule is C/C=C/C1C=CCC(C)C1. The molecule has 0 aliphatic heterocycles. The Morgan fingerprint density at radius 1 is 1.50 bits per heavy atom. The van der Waals surface area contributed by atoms with Crippen LogP contribution in [-0.2, 0) is 0 Å². The standard InChI is InChI=1S/C10H16/c1-3-5-10-7-4-6-9(2)8-10/h3-5,7,9-10H,6,8H2,1-2H3/b5-3+. The van der Waals surface area contributed by atoms with E-state index in [2.05, 4.69) is 38.2 Å². The highest BCUT2D eigenvalue weighted by Gasteiger charge is 2.10. The van der Waals surface area contributed by atoms with Gasteiger partial charge in [-0.2, -0.15) is 0 Å². The molecule has 2 atom stereocenters. The van der Waals surface area contributed by atoms with Crippen LogP contribution in [0.2, 0.25) is 0 Å². The van der Waals surface area contributed by atoms with Gasteiger partial charge in [-0.25, -0.2) is 0 Å². The molecule has 0 aromatic carbocycles. The molecule has 0 amide bonds. The molecule has 0 fully saturated rings. The van der Waals surface area contributed by atoms with Crippen LogP contribution in [0.1, 0.15) is 26.7 Å². The van der Waals surface area contributed by atoms with Gasteiger partial charge in [0.15, 0.2) is 0 Å². The van der Waals surface area contributed by atoms with Gasteiger partial charge in [-0.3, -0.25) is 0 Å². The van der Waals surface area contributed by atoms with Crippen molar-refractivity contribution in [1.82, 2.24) is 0 Å². The normalized spacial score (nSPS) is 33.4. The summed E-state index contributed by atoms with van der Waals surface area (Å²) >= 11 is 0. The molecule has 0 saturated heterocycles. The maximum atomic E-state index is 2.32. The van der Waals surface area contributed by atoms with Crippen LogP contribution in [-0.4, -0.2) is 0 Å². The zero-order valence-electron chi connectivity index (χ0n) is 6.88. The Balaban J connectivity index is 2.47. The summed E-state index contributed by atoms with van der Waals surface area (Å²) in [6.45, 7) is 4.41. The molecular formula is C10H16. The summed E-state index contributed by atoms with van der Waals surface area (Å²) in [7, 11) is 0. The van der Waals surface area contributed by atoms with Crippen molar-refractivity contribution < 1.29 is 0 Å². The molecule has 0 N–H and O–H groups in total. The van der Waals surface area contributed by atoms with Gasteiger partial charge in [-0.15, -0.1) is 0 Å². The Morgan fingerprint density at radius 3 is 2.90 bits per heavy atom. The van der Waals surface area contributed by atoms with E-state index in [1.807, 2.05) is 0 Å². The van der Waals surface area contributed by atoms with E-state index in [0.29, 0.717) is 5.92 Å². The third-order valence-electron chi connectivity index (χ3n) is 2.04. The predicted molar refractivity (Wildman–Crippen MR) is 45.8 cm³/mol. The van der Waals surface area contributed by atoms with Crippen LogP contribution in [0.3, 0.4) is 0 Å². The van der Waals surface area contributed by atoms with Crippen molar-refractivity contribution in [2.75, 3.05) is 0 Å². The lowest BCUT2D eigenvalue weighted by atomic mass is 9.88. The Kier molecular flexibility index (Phi) is 2.73. The molecule has 0 radical (unpaired) electrons. The largest absolute Gasteiger partial charge is 0.0911 e. The second-order valence-corrected chi connectivity index (χ2v) is 3.19. The number of hydrogen-bond acceptors (Lipinski definition) is 0. The summed E-state index contributed by atoms with van der Waals surface area (Å²) in [4.78, 5) is 0. The summed E-state index contributed by atoms with van der Waals surface area (Å²) in [5.41, 5.74) is 0. The molecule has 1 aliphatic carbocycles. The van der Waals surface area contributed by atoms with Crippen molar-refractivity contribution in [2.45, 2.75) is 26.7 Å². The fourth-order valence-electron chi connectivity index (χ4n) is 1.51. The van der Waals surface area contributed by atoms with E-state index in [-0.39, 0.29) is 0 Å². The van der Waals surface area contributed by atoms with Crippen LogP contribution in [0.15, 0.2) is 24.3 Å². The molecule has 0 saturated carbocycles. The first-order chi connectivity index (χ1) is 4.83. The van der Waals surface area contributed by atoms with Gasteiger partial charge in [-0.05, 0) is 31.6 Å². The summed E-state index contributed by atoms with van der Waals surface area (Å²) < 4.78 is 0. The highest BCUT2D eigenvalue weighted by Crippen LogP contribution is 2.23. The predicted octanol–water partition coefficient (Wildman–Crippen LogP) is 3.16. The number of rotatable bonds is 1. The minimum atomic E-state index is 0.716. The first-order valence-corrected chi connectivity index (χ1v) is 4.12. The molecular weight excluding hydrogens is 120 g/mol. The third kappa shape index (κ3) is 2.02. The van der Waals surface area contributed by atoms with Gasteiger partial charge in [0.1, 0.15) is 0 Å². The van der Waals surface area contributed by atoms with Crippen LogP contribution in [0.5, 0.6) is 0 Å². The van der Waals surface area contributed by atoms with Crippen molar-refractivity contribution in [3.63, 3.8) is 0 Å². The van der Waals surface area contributed by atoms with E-state index in [0.717, 1.165) is 5.92 Å². The van der Waals surface area contributed by atoms with Gasteiger partial charge in [0.2, 0.25) is 0 Å². The second-order valence-electron chi connectivity index (χ2n) is 3.19. The Hall–Kier alpha value is -0.520. The summed E-state index contributed by atoms with van der Waals surface area (Å²) in [5.74, 6) is 1.60. The van der Waals surface area contributed by atoms with Gasteiger partial charge >= 0.3 is 0 Å². The van der Waals surface area contributed by atoms with Crippen LogP contribution in [0, 0.1) is 11.8 Å². The Labute approximate surface area is 63.6 Å². The average Bonchev–Trinajstić information content (AvgIpc) is 1.88. The van der Waals surface area contributed by atoms with Gasteiger partial charge in [0.05, 0.1) is 0 Å². The molecule has 0 heteroatoms. The van der Waals surface area contributed by atoms with E-state index in [1.54, 1.807) is 0 Å². The van der Waals surface area contributed by atoms with Gasteiger partial charge in [0.25, 0.3) is 0 Å². The lowest BCUT2D eigenvalue weighted by molar-refractivity contribution is 0.473. The minimum absolute atomic E-state index is 0.716. The fraction of sp³-hybridized carbons (Fsp3) is 0.600. The summed E-state index contributed by atoms with van der Waals surface area (Å²) in [6.07, 6.45) is 11.7. The van der Waals surface area contributed by atoms with E-state index >= 15 is 0 Å². The lowest BCUT2D eigenvalue weighted by Gasteiger charge is -2.18. The second kappa shape index (κ2) is 3.60. The molecule has 0 bridgehead atoms. The molecule has 1 aliphatic rings. The summed E-state index contributed by atoms with van der Waals surface area (Å²) in [6, 6.07) is 0. The molecule has 0 aromatic rings. The molecule has 0 spiro atoms. The first kappa shape index (κ1) is 7.59. The maximum absolute atomic E-state index is 2.32. The molecule has 0 aromatic heterocycles. The van der Waals surface area contributed by atoms with E-state index in [9.17, 15) is 0 Å². The molecule has 56 valence electrons.